The average Bonchev–Trinajstić information content (AvgIpc) is 2.53. The van der Waals surface area contributed by atoms with Gasteiger partial charge in [-0.05, 0) is 29.3 Å². The summed E-state index contributed by atoms with van der Waals surface area (Å²) >= 11 is 3.35. The van der Waals surface area contributed by atoms with E-state index >= 15 is 0 Å². The quantitative estimate of drug-likeness (QED) is 0.763. The van der Waals surface area contributed by atoms with E-state index in [0.29, 0.717) is 0 Å². The fourth-order valence-corrected chi connectivity index (χ4v) is 2.47. The number of aliphatic carboxylic acids is 1. The van der Waals surface area contributed by atoms with Crippen LogP contribution in [0.1, 0.15) is 11.1 Å². The van der Waals surface area contributed by atoms with Crippen molar-refractivity contribution in [2.75, 3.05) is 0 Å². The minimum Gasteiger partial charge on any atom is -0.480 e. The number of hydrogen-bond donors (Lipinski definition) is 2. The summed E-state index contributed by atoms with van der Waals surface area (Å²) in [6.07, 6.45) is 3.22. The third-order valence-electron chi connectivity index (χ3n) is 3.17. The second-order valence-electron chi connectivity index (χ2n) is 4.98. The van der Waals surface area contributed by atoms with Crippen molar-refractivity contribution >= 4 is 33.9 Å². The van der Waals surface area contributed by atoms with Gasteiger partial charge in [-0.2, -0.15) is 0 Å². The molecule has 1 atom stereocenters. The maximum atomic E-state index is 11.9. The first-order chi connectivity index (χ1) is 11.0. The molecule has 1 amide bonds. The summed E-state index contributed by atoms with van der Waals surface area (Å²) in [4.78, 5) is 23.2. The first-order valence-corrected chi connectivity index (χ1v) is 7.85. The molecular weight excluding hydrogens is 358 g/mol. The molecule has 0 spiro atoms. The number of halogens is 1. The van der Waals surface area contributed by atoms with Crippen LogP contribution < -0.4 is 5.32 Å². The number of rotatable bonds is 6. The molecule has 0 aliphatic heterocycles. The van der Waals surface area contributed by atoms with Crippen LogP contribution in [-0.2, 0) is 16.0 Å². The standard InChI is InChI=1S/C18H16BrNO3/c19-15-8-4-7-14(11-15)9-10-17(21)20-16(18(22)23)12-13-5-2-1-3-6-13/h1-11,16H,12H2,(H,20,21)(H,22,23)/b10-9+. The zero-order chi connectivity index (χ0) is 16.7. The Kier molecular flexibility index (Phi) is 6.11. The van der Waals surface area contributed by atoms with Crippen LogP contribution in [0.25, 0.3) is 6.08 Å². The zero-order valence-electron chi connectivity index (χ0n) is 12.3. The lowest BCUT2D eigenvalue weighted by Crippen LogP contribution is -2.41. The van der Waals surface area contributed by atoms with Crippen LogP contribution in [0.15, 0.2) is 65.1 Å². The van der Waals surface area contributed by atoms with Crippen molar-refractivity contribution in [2.45, 2.75) is 12.5 Å². The predicted octanol–water partition coefficient (Wildman–Crippen LogP) is 3.27. The largest absolute Gasteiger partial charge is 0.480 e. The van der Waals surface area contributed by atoms with Crippen LogP contribution in [0.2, 0.25) is 0 Å². The van der Waals surface area contributed by atoms with Crippen molar-refractivity contribution < 1.29 is 14.7 Å². The first kappa shape index (κ1) is 17.0. The monoisotopic (exact) mass is 373 g/mol. The van der Waals surface area contributed by atoms with Gasteiger partial charge in [0.25, 0.3) is 0 Å². The second-order valence-corrected chi connectivity index (χ2v) is 5.89. The molecule has 5 heteroatoms. The first-order valence-electron chi connectivity index (χ1n) is 7.05. The topological polar surface area (TPSA) is 66.4 Å². The van der Waals surface area contributed by atoms with E-state index in [2.05, 4.69) is 21.2 Å². The maximum absolute atomic E-state index is 11.9. The number of nitrogens with one attached hydrogen (secondary N) is 1. The molecule has 23 heavy (non-hydrogen) atoms. The Balaban J connectivity index is 1.99. The Morgan fingerprint density at radius 2 is 1.87 bits per heavy atom. The molecule has 0 fully saturated rings. The van der Waals surface area contributed by atoms with Gasteiger partial charge in [-0.25, -0.2) is 4.79 Å². The third kappa shape index (κ3) is 5.71. The van der Waals surface area contributed by atoms with Crippen LogP contribution in [0.4, 0.5) is 0 Å². The fourth-order valence-electron chi connectivity index (χ4n) is 2.05. The number of benzene rings is 2. The molecule has 0 bridgehead atoms. The van der Waals surface area contributed by atoms with Crippen LogP contribution >= 0.6 is 15.9 Å². The Hall–Kier alpha value is -2.40. The molecule has 0 saturated heterocycles. The van der Waals surface area contributed by atoms with Gasteiger partial charge in [-0.3, -0.25) is 4.79 Å². The van der Waals surface area contributed by atoms with Crippen molar-refractivity contribution in [1.29, 1.82) is 0 Å². The summed E-state index contributed by atoms with van der Waals surface area (Å²) in [5.41, 5.74) is 1.71. The highest BCUT2D eigenvalue weighted by molar-refractivity contribution is 9.10. The van der Waals surface area contributed by atoms with E-state index in [1.165, 1.54) is 6.08 Å². The Morgan fingerprint density at radius 3 is 2.52 bits per heavy atom. The van der Waals surface area contributed by atoms with Gasteiger partial charge < -0.3 is 10.4 Å². The van der Waals surface area contributed by atoms with Gasteiger partial charge in [0, 0.05) is 17.0 Å². The number of amides is 1. The molecular formula is C18H16BrNO3. The van der Waals surface area contributed by atoms with Gasteiger partial charge in [0.15, 0.2) is 0 Å². The van der Waals surface area contributed by atoms with Gasteiger partial charge in [-0.1, -0.05) is 58.4 Å². The average molecular weight is 374 g/mol. The van der Waals surface area contributed by atoms with Gasteiger partial charge in [-0.15, -0.1) is 0 Å². The molecule has 0 saturated carbocycles. The van der Waals surface area contributed by atoms with Crippen LogP contribution in [0.5, 0.6) is 0 Å². The zero-order valence-corrected chi connectivity index (χ0v) is 13.9. The van der Waals surface area contributed by atoms with Crippen LogP contribution in [0.3, 0.4) is 0 Å². The summed E-state index contributed by atoms with van der Waals surface area (Å²) in [5.74, 6) is -1.49. The second kappa shape index (κ2) is 8.29. The molecule has 2 aromatic carbocycles. The lowest BCUT2D eigenvalue weighted by molar-refractivity contribution is -0.141. The number of carbonyl (C=O) groups is 2. The molecule has 2 aromatic rings. The summed E-state index contributed by atoms with van der Waals surface area (Å²) < 4.78 is 0.910. The van der Waals surface area contributed by atoms with Gasteiger partial charge in [0.05, 0.1) is 0 Å². The Bertz CT molecular complexity index is 713. The van der Waals surface area contributed by atoms with E-state index in [1.54, 1.807) is 6.08 Å². The highest BCUT2D eigenvalue weighted by Gasteiger charge is 2.19. The summed E-state index contributed by atoms with van der Waals surface area (Å²) in [7, 11) is 0. The van der Waals surface area contributed by atoms with Crippen molar-refractivity contribution in [3.63, 3.8) is 0 Å². The maximum Gasteiger partial charge on any atom is 0.326 e. The minimum atomic E-state index is -1.06. The summed E-state index contributed by atoms with van der Waals surface area (Å²) in [6, 6.07) is 15.7. The molecule has 4 nitrogen and oxygen atoms in total. The Labute approximate surface area is 143 Å². The van der Waals surface area contributed by atoms with Crippen LogP contribution in [-0.4, -0.2) is 23.0 Å². The molecule has 0 aliphatic carbocycles. The lowest BCUT2D eigenvalue weighted by atomic mass is 10.1. The summed E-state index contributed by atoms with van der Waals surface area (Å²) in [6.45, 7) is 0. The van der Waals surface area contributed by atoms with Crippen molar-refractivity contribution in [2.24, 2.45) is 0 Å². The smallest absolute Gasteiger partial charge is 0.326 e. The fraction of sp³-hybridized carbons (Fsp3) is 0.111. The Morgan fingerprint density at radius 1 is 1.13 bits per heavy atom. The molecule has 2 N–H and O–H groups in total. The highest BCUT2D eigenvalue weighted by Crippen LogP contribution is 2.12. The predicted molar refractivity (Wildman–Crippen MR) is 92.9 cm³/mol. The van der Waals surface area contributed by atoms with E-state index in [0.717, 1.165) is 15.6 Å². The number of carboxylic acid groups (broad SMARTS) is 1. The molecule has 0 radical (unpaired) electrons. The molecule has 0 heterocycles. The van der Waals surface area contributed by atoms with E-state index in [-0.39, 0.29) is 6.42 Å². The lowest BCUT2D eigenvalue weighted by Gasteiger charge is -2.13. The number of carboxylic acids is 1. The third-order valence-corrected chi connectivity index (χ3v) is 3.67. The minimum absolute atomic E-state index is 0.243. The van der Waals surface area contributed by atoms with Gasteiger partial charge in [0.1, 0.15) is 6.04 Å². The molecule has 0 aliphatic rings. The number of carbonyl (C=O) groups excluding carboxylic acids is 1. The van der Waals surface area contributed by atoms with E-state index in [1.807, 2.05) is 54.6 Å². The summed E-state index contributed by atoms with van der Waals surface area (Å²) in [5, 5.41) is 11.8. The molecule has 1 unspecified atom stereocenters. The van der Waals surface area contributed by atoms with Crippen LogP contribution in [0, 0.1) is 0 Å². The van der Waals surface area contributed by atoms with Crippen molar-refractivity contribution in [1.82, 2.24) is 5.32 Å². The number of hydrogen-bond acceptors (Lipinski definition) is 2. The molecule has 118 valence electrons. The van der Waals surface area contributed by atoms with Gasteiger partial charge >= 0.3 is 5.97 Å². The SMILES string of the molecule is O=C(/C=C/c1cccc(Br)c1)NC(Cc1ccccc1)C(=O)O. The molecule has 0 aromatic heterocycles. The van der Waals surface area contributed by atoms with E-state index < -0.39 is 17.9 Å². The van der Waals surface area contributed by atoms with Gasteiger partial charge in [0.2, 0.25) is 5.91 Å². The van der Waals surface area contributed by atoms with E-state index in [4.69, 9.17) is 0 Å². The highest BCUT2D eigenvalue weighted by atomic mass is 79.9. The molecule has 2 rings (SSSR count). The van der Waals surface area contributed by atoms with E-state index in [9.17, 15) is 14.7 Å². The normalized spacial score (nSPS) is 12.0. The van der Waals surface area contributed by atoms with Crippen molar-refractivity contribution in [3.05, 3.63) is 76.3 Å². The van der Waals surface area contributed by atoms with Crippen molar-refractivity contribution in [3.8, 4) is 0 Å².